The number of ether oxygens (including phenoxy) is 1. The van der Waals surface area contributed by atoms with Crippen molar-refractivity contribution in [1.82, 2.24) is 5.32 Å². The van der Waals surface area contributed by atoms with Gasteiger partial charge in [0.25, 0.3) is 0 Å². The molecule has 2 nitrogen and oxygen atoms in total. The lowest BCUT2D eigenvalue weighted by Gasteiger charge is -2.08. The molecule has 1 atom stereocenters. The molecule has 0 spiro atoms. The van der Waals surface area contributed by atoms with Crippen LogP contribution >= 0.6 is 0 Å². The molecule has 1 fully saturated rings. The third-order valence-corrected chi connectivity index (χ3v) is 2.50. The Morgan fingerprint density at radius 3 is 2.83 bits per heavy atom. The Bertz CT molecular complexity index is 112. The molecule has 0 aliphatic heterocycles. The Labute approximate surface area is 75.7 Å². The molecule has 1 saturated carbocycles. The van der Waals surface area contributed by atoms with E-state index in [9.17, 15) is 0 Å². The molecule has 2 heteroatoms. The fourth-order valence-corrected chi connectivity index (χ4v) is 1.26. The molecule has 1 rings (SSSR count). The SMILES string of the molecule is COC(C)CCCNCC1CC1. The van der Waals surface area contributed by atoms with Gasteiger partial charge in [-0.05, 0) is 51.6 Å². The second-order valence-corrected chi connectivity index (χ2v) is 3.84. The van der Waals surface area contributed by atoms with Gasteiger partial charge in [-0.2, -0.15) is 0 Å². The average molecular weight is 171 g/mol. The van der Waals surface area contributed by atoms with Crippen LogP contribution in [-0.4, -0.2) is 26.3 Å². The Balaban J connectivity index is 1.75. The molecule has 0 amide bonds. The van der Waals surface area contributed by atoms with E-state index < -0.39 is 0 Å². The molecule has 1 aliphatic rings. The van der Waals surface area contributed by atoms with E-state index in [1.807, 2.05) is 0 Å². The van der Waals surface area contributed by atoms with Crippen molar-refractivity contribution in [2.75, 3.05) is 20.2 Å². The fourth-order valence-electron chi connectivity index (χ4n) is 1.26. The number of nitrogens with one attached hydrogen (secondary N) is 1. The monoisotopic (exact) mass is 171 g/mol. The van der Waals surface area contributed by atoms with Crippen molar-refractivity contribution in [2.45, 2.75) is 38.7 Å². The molecule has 0 bridgehead atoms. The first-order valence-corrected chi connectivity index (χ1v) is 5.06. The van der Waals surface area contributed by atoms with Gasteiger partial charge in [-0.3, -0.25) is 0 Å². The highest BCUT2D eigenvalue weighted by molar-refractivity contribution is 4.75. The average Bonchev–Trinajstić information content (AvgIpc) is 2.87. The van der Waals surface area contributed by atoms with Gasteiger partial charge in [-0.25, -0.2) is 0 Å². The first kappa shape index (κ1) is 10.0. The van der Waals surface area contributed by atoms with Gasteiger partial charge in [0.1, 0.15) is 0 Å². The van der Waals surface area contributed by atoms with Crippen LogP contribution in [0.3, 0.4) is 0 Å². The first-order chi connectivity index (χ1) is 5.83. The van der Waals surface area contributed by atoms with E-state index >= 15 is 0 Å². The molecule has 0 saturated heterocycles. The third kappa shape index (κ3) is 4.73. The lowest BCUT2D eigenvalue weighted by molar-refractivity contribution is 0.109. The maximum atomic E-state index is 5.16. The Kier molecular flexibility index (Phi) is 4.62. The van der Waals surface area contributed by atoms with Gasteiger partial charge in [-0.15, -0.1) is 0 Å². The molecule has 1 aliphatic carbocycles. The van der Waals surface area contributed by atoms with E-state index in [4.69, 9.17) is 4.74 Å². The summed E-state index contributed by atoms with van der Waals surface area (Å²) in [5.74, 6) is 1.00. The minimum absolute atomic E-state index is 0.424. The van der Waals surface area contributed by atoms with Crippen molar-refractivity contribution in [3.05, 3.63) is 0 Å². The van der Waals surface area contributed by atoms with E-state index in [-0.39, 0.29) is 0 Å². The number of rotatable bonds is 7. The summed E-state index contributed by atoms with van der Waals surface area (Å²) >= 11 is 0. The minimum Gasteiger partial charge on any atom is -0.382 e. The molecule has 0 heterocycles. The predicted molar refractivity (Wildman–Crippen MR) is 51.3 cm³/mol. The summed E-state index contributed by atoms with van der Waals surface area (Å²) in [6.45, 7) is 4.52. The van der Waals surface area contributed by atoms with Gasteiger partial charge in [0.05, 0.1) is 6.10 Å². The van der Waals surface area contributed by atoms with Gasteiger partial charge < -0.3 is 10.1 Å². The Morgan fingerprint density at radius 1 is 1.50 bits per heavy atom. The molecule has 0 aromatic heterocycles. The Hall–Kier alpha value is -0.0800. The number of hydrogen-bond donors (Lipinski definition) is 1. The van der Waals surface area contributed by atoms with Crippen LogP contribution < -0.4 is 5.32 Å². The standard InChI is InChI=1S/C10H21NO/c1-9(12-2)4-3-7-11-8-10-5-6-10/h9-11H,3-8H2,1-2H3. The second-order valence-electron chi connectivity index (χ2n) is 3.84. The van der Waals surface area contributed by atoms with E-state index in [2.05, 4.69) is 12.2 Å². The topological polar surface area (TPSA) is 21.3 Å². The number of methoxy groups -OCH3 is 1. The van der Waals surface area contributed by atoms with Crippen molar-refractivity contribution in [3.8, 4) is 0 Å². The lowest BCUT2D eigenvalue weighted by atomic mass is 10.2. The zero-order valence-electron chi connectivity index (χ0n) is 8.31. The Morgan fingerprint density at radius 2 is 2.25 bits per heavy atom. The molecule has 0 aromatic carbocycles. The molecule has 1 N–H and O–H groups in total. The molecule has 12 heavy (non-hydrogen) atoms. The van der Waals surface area contributed by atoms with E-state index in [1.165, 1.54) is 32.2 Å². The first-order valence-electron chi connectivity index (χ1n) is 5.06. The lowest BCUT2D eigenvalue weighted by Crippen LogP contribution is -2.19. The van der Waals surface area contributed by atoms with Gasteiger partial charge in [0, 0.05) is 7.11 Å². The molecule has 0 radical (unpaired) electrons. The van der Waals surface area contributed by atoms with Gasteiger partial charge in [-0.1, -0.05) is 0 Å². The van der Waals surface area contributed by atoms with Crippen LogP contribution in [0.1, 0.15) is 32.6 Å². The van der Waals surface area contributed by atoms with Crippen molar-refractivity contribution >= 4 is 0 Å². The van der Waals surface area contributed by atoms with Crippen LogP contribution in [0.25, 0.3) is 0 Å². The van der Waals surface area contributed by atoms with E-state index in [0.29, 0.717) is 6.10 Å². The quantitative estimate of drug-likeness (QED) is 0.590. The van der Waals surface area contributed by atoms with Gasteiger partial charge in [0.2, 0.25) is 0 Å². The highest BCUT2D eigenvalue weighted by Crippen LogP contribution is 2.27. The van der Waals surface area contributed by atoms with Crippen molar-refractivity contribution in [1.29, 1.82) is 0 Å². The van der Waals surface area contributed by atoms with Crippen LogP contribution in [0.4, 0.5) is 0 Å². The van der Waals surface area contributed by atoms with Crippen molar-refractivity contribution < 1.29 is 4.74 Å². The van der Waals surface area contributed by atoms with Crippen molar-refractivity contribution in [2.24, 2.45) is 5.92 Å². The normalized spacial score (nSPS) is 19.5. The maximum absolute atomic E-state index is 5.16. The summed E-state index contributed by atoms with van der Waals surface area (Å²) in [6.07, 6.45) is 5.73. The molecule has 1 unspecified atom stereocenters. The fraction of sp³-hybridized carbons (Fsp3) is 1.00. The maximum Gasteiger partial charge on any atom is 0.0543 e. The van der Waals surface area contributed by atoms with Crippen LogP contribution in [0.5, 0.6) is 0 Å². The summed E-state index contributed by atoms with van der Waals surface area (Å²) in [5, 5.41) is 3.47. The van der Waals surface area contributed by atoms with Crippen LogP contribution in [0.2, 0.25) is 0 Å². The van der Waals surface area contributed by atoms with Crippen LogP contribution in [-0.2, 0) is 4.74 Å². The molecule has 0 aromatic rings. The number of hydrogen-bond acceptors (Lipinski definition) is 2. The van der Waals surface area contributed by atoms with Gasteiger partial charge >= 0.3 is 0 Å². The summed E-state index contributed by atoms with van der Waals surface area (Å²) in [5.41, 5.74) is 0. The second kappa shape index (κ2) is 5.55. The van der Waals surface area contributed by atoms with E-state index in [0.717, 1.165) is 12.5 Å². The smallest absolute Gasteiger partial charge is 0.0543 e. The van der Waals surface area contributed by atoms with Crippen LogP contribution in [0, 0.1) is 5.92 Å². The van der Waals surface area contributed by atoms with E-state index in [1.54, 1.807) is 7.11 Å². The summed E-state index contributed by atoms with van der Waals surface area (Å²) in [4.78, 5) is 0. The molecule has 72 valence electrons. The summed E-state index contributed by atoms with van der Waals surface area (Å²) < 4.78 is 5.16. The third-order valence-electron chi connectivity index (χ3n) is 2.50. The van der Waals surface area contributed by atoms with Crippen molar-refractivity contribution in [3.63, 3.8) is 0 Å². The zero-order valence-corrected chi connectivity index (χ0v) is 8.31. The molecular weight excluding hydrogens is 150 g/mol. The zero-order chi connectivity index (χ0) is 8.81. The summed E-state index contributed by atoms with van der Waals surface area (Å²) in [6, 6.07) is 0. The predicted octanol–water partition coefficient (Wildman–Crippen LogP) is 1.80. The highest BCUT2D eigenvalue weighted by atomic mass is 16.5. The summed E-state index contributed by atoms with van der Waals surface area (Å²) in [7, 11) is 1.78. The minimum atomic E-state index is 0.424. The molecular formula is C10H21NO. The highest BCUT2D eigenvalue weighted by Gasteiger charge is 2.19. The van der Waals surface area contributed by atoms with Crippen LogP contribution in [0.15, 0.2) is 0 Å². The largest absolute Gasteiger partial charge is 0.382 e. The van der Waals surface area contributed by atoms with Gasteiger partial charge in [0.15, 0.2) is 0 Å².